The lowest BCUT2D eigenvalue weighted by Gasteiger charge is -2.29. The predicted molar refractivity (Wildman–Crippen MR) is 105 cm³/mol. The summed E-state index contributed by atoms with van der Waals surface area (Å²) in [5.74, 6) is 1.06. The molecule has 2 heterocycles. The van der Waals surface area contributed by atoms with E-state index in [1.165, 1.54) is 99.6 Å². The Kier molecular flexibility index (Phi) is 5.80. The van der Waals surface area contributed by atoms with Gasteiger partial charge >= 0.3 is 0 Å². The molecule has 0 saturated heterocycles. The molecular weight excluding hydrogens is 326 g/mol. The summed E-state index contributed by atoms with van der Waals surface area (Å²) in [6, 6.07) is 2.79. The van der Waals surface area contributed by atoms with E-state index < -0.39 is 0 Å². The van der Waals surface area contributed by atoms with E-state index in [1.807, 2.05) is 11.3 Å². The van der Waals surface area contributed by atoms with Gasteiger partial charge in [-0.1, -0.05) is 64.2 Å². The van der Waals surface area contributed by atoms with Gasteiger partial charge in [-0.2, -0.15) is 0 Å². The van der Waals surface area contributed by atoms with Crippen LogP contribution in [0.5, 0.6) is 0 Å². The lowest BCUT2D eigenvalue weighted by molar-refractivity contribution is 0.0673. The van der Waals surface area contributed by atoms with Gasteiger partial charge in [0.15, 0.2) is 0 Å². The molecule has 2 fully saturated rings. The van der Waals surface area contributed by atoms with Crippen molar-refractivity contribution in [1.82, 2.24) is 4.90 Å². The van der Waals surface area contributed by atoms with Crippen LogP contribution in [0.4, 0.5) is 0 Å². The molecule has 25 heavy (non-hydrogen) atoms. The van der Waals surface area contributed by atoms with Crippen molar-refractivity contribution in [2.45, 2.75) is 108 Å². The van der Waals surface area contributed by atoms with Crippen molar-refractivity contribution in [2.24, 2.45) is 0 Å². The summed E-state index contributed by atoms with van der Waals surface area (Å²) in [6.07, 6.45) is 18.8. The van der Waals surface area contributed by atoms with Crippen molar-refractivity contribution < 1.29 is 4.79 Å². The summed E-state index contributed by atoms with van der Waals surface area (Å²) < 4.78 is 0. The van der Waals surface area contributed by atoms with E-state index in [1.54, 1.807) is 0 Å². The maximum atomic E-state index is 13.0. The maximum Gasteiger partial charge on any atom is 0.255 e. The number of carbonyl (C=O) groups is 1. The molecule has 1 amide bonds. The maximum absolute atomic E-state index is 13.0. The van der Waals surface area contributed by atoms with E-state index in [0.717, 1.165) is 18.0 Å². The van der Waals surface area contributed by atoms with Crippen LogP contribution >= 0.6 is 11.3 Å². The number of amides is 1. The van der Waals surface area contributed by atoms with Gasteiger partial charge in [-0.15, -0.1) is 11.3 Å². The quantitative estimate of drug-likeness (QED) is 0.579. The highest BCUT2D eigenvalue weighted by atomic mass is 32.1. The summed E-state index contributed by atoms with van der Waals surface area (Å²) in [6.45, 7) is 0.899. The van der Waals surface area contributed by atoms with E-state index >= 15 is 0 Å². The molecule has 0 spiro atoms. The Bertz CT molecular complexity index is 577. The molecule has 3 heteroatoms. The van der Waals surface area contributed by atoms with Crippen LogP contribution in [0, 0.1) is 0 Å². The first-order valence-electron chi connectivity index (χ1n) is 10.8. The van der Waals surface area contributed by atoms with E-state index in [-0.39, 0.29) is 0 Å². The highest BCUT2D eigenvalue weighted by Crippen LogP contribution is 2.41. The molecule has 0 atom stereocenters. The van der Waals surface area contributed by atoms with Crippen LogP contribution in [0.2, 0.25) is 0 Å². The molecule has 1 aliphatic heterocycles. The average Bonchev–Trinajstić information content (AvgIpc) is 3.07. The van der Waals surface area contributed by atoms with Crippen molar-refractivity contribution in [1.29, 1.82) is 0 Å². The van der Waals surface area contributed by atoms with Crippen LogP contribution in [0.3, 0.4) is 0 Å². The second-order valence-electron chi connectivity index (χ2n) is 8.46. The third kappa shape index (κ3) is 3.97. The van der Waals surface area contributed by atoms with Gasteiger partial charge in [0, 0.05) is 15.8 Å². The molecule has 2 aliphatic carbocycles. The first kappa shape index (κ1) is 17.6. The van der Waals surface area contributed by atoms with Gasteiger partial charge in [-0.25, -0.2) is 0 Å². The highest BCUT2D eigenvalue weighted by molar-refractivity contribution is 7.12. The molecule has 0 unspecified atom stereocenters. The fourth-order valence-electron chi connectivity index (χ4n) is 5.11. The second kappa shape index (κ2) is 8.24. The van der Waals surface area contributed by atoms with Crippen molar-refractivity contribution >= 4 is 17.2 Å². The van der Waals surface area contributed by atoms with Gasteiger partial charge in [-0.3, -0.25) is 4.79 Å². The fourth-order valence-corrected chi connectivity index (χ4v) is 6.44. The van der Waals surface area contributed by atoms with Crippen molar-refractivity contribution in [3.63, 3.8) is 0 Å². The van der Waals surface area contributed by atoms with Crippen LogP contribution in [-0.4, -0.2) is 16.8 Å². The summed E-state index contributed by atoms with van der Waals surface area (Å²) in [4.78, 5) is 18.1. The molecule has 0 aromatic carbocycles. The Hall–Kier alpha value is -0.830. The number of hydrogen-bond acceptors (Lipinski definition) is 2. The van der Waals surface area contributed by atoms with Crippen LogP contribution in [-0.2, 0) is 6.54 Å². The number of carbonyl (C=O) groups excluding carboxylic acids is 1. The first-order chi connectivity index (χ1) is 12.3. The largest absolute Gasteiger partial charge is 0.330 e. The van der Waals surface area contributed by atoms with Gasteiger partial charge in [0.05, 0.1) is 12.1 Å². The number of nitrogens with zero attached hydrogens (tertiary/aromatic N) is 1. The fraction of sp³-hybridized carbons (Fsp3) is 0.773. The third-order valence-corrected chi connectivity index (χ3v) is 7.94. The Morgan fingerprint density at radius 2 is 1.36 bits per heavy atom. The molecule has 3 aliphatic rings. The highest BCUT2D eigenvalue weighted by Gasteiger charge is 2.35. The normalized spacial score (nSPS) is 24.5. The molecule has 1 aromatic rings. The summed E-state index contributed by atoms with van der Waals surface area (Å²) >= 11 is 1.96. The summed E-state index contributed by atoms with van der Waals surface area (Å²) in [5.41, 5.74) is 1.06. The molecule has 2 nitrogen and oxygen atoms in total. The molecule has 2 saturated carbocycles. The number of hydrogen-bond donors (Lipinski definition) is 0. The van der Waals surface area contributed by atoms with Gasteiger partial charge in [0.25, 0.3) is 5.91 Å². The van der Waals surface area contributed by atoms with Crippen molar-refractivity contribution in [2.75, 3.05) is 0 Å². The van der Waals surface area contributed by atoms with Crippen LogP contribution < -0.4 is 0 Å². The molecule has 1 aromatic heterocycles. The van der Waals surface area contributed by atoms with Crippen LogP contribution in [0.1, 0.15) is 116 Å². The van der Waals surface area contributed by atoms with E-state index in [2.05, 4.69) is 11.0 Å². The zero-order chi connectivity index (χ0) is 17.1. The molecule has 0 radical (unpaired) electrons. The monoisotopic (exact) mass is 359 g/mol. The third-order valence-electron chi connectivity index (χ3n) is 6.66. The lowest BCUT2D eigenvalue weighted by Crippen LogP contribution is -2.36. The smallest absolute Gasteiger partial charge is 0.255 e. The van der Waals surface area contributed by atoms with Gasteiger partial charge in [0.1, 0.15) is 0 Å². The molecule has 0 N–H and O–H groups in total. The average molecular weight is 360 g/mol. The van der Waals surface area contributed by atoms with Gasteiger partial charge in [-0.05, 0) is 37.7 Å². The van der Waals surface area contributed by atoms with E-state index in [4.69, 9.17) is 0 Å². The number of thiophene rings is 1. The van der Waals surface area contributed by atoms with E-state index in [9.17, 15) is 4.79 Å². The molecule has 4 rings (SSSR count). The predicted octanol–water partition coefficient (Wildman–Crippen LogP) is 6.64. The summed E-state index contributed by atoms with van der Waals surface area (Å²) in [7, 11) is 0. The molecular formula is C22H33NOS. The first-order valence-corrected chi connectivity index (χ1v) is 11.6. The van der Waals surface area contributed by atoms with Crippen molar-refractivity contribution in [3.8, 4) is 0 Å². The topological polar surface area (TPSA) is 20.3 Å². The Balaban J connectivity index is 1.44. The Morgan fingerprint density at radius 1 is 0.800 bits per heavy atom. The lowest BCUT2D eigenvalue weighted by atomic mass is 9.90. The van der Waals surface area contributed by atoms with Gasteiger partial charge in [0.2, 0.25) is 0 Å². The number of rotatable bonds is 2. The Morgan fingerprint density at radius 3 is 1.96 bits per heavy atom. The van der Waals surface area contributed by atoms with Crippen LogP contribution in [0.15, 0.2) is 6.07 Å². The minimum atomic E-state index is 0.342. The minimum absolute atomic E-state index is 0.342. The zero-order valence-corrected chi connectivity index (χ0v) is 16.4. The molecule has 138 valence electrons. The number of fused-ring (bicyclic) bond motifs is 1. The summed E-state index contributed by atoms with van der Waals surface area (Å²) in [5, 5.41) is 0. The Labute approximate surface area is 157 Å². The van der Waals surface area contributed by atoms with Gasteiger partial charge < -0.3 is 4.90 Å². The second-order valence-corrected chi connectivity index (χ2v) is 9.63. The zero-order valence-electron chi connectivity index (χ0n) is 15.6. The SMILES string of the molecule is O=C1c2cc(C3CCCCCCC3)sc2CN1C1CCCCCCC1. The van der Waals surface area contributed by atoms with Crippen LogP contribution in [0.25, 0.3) is 0 Å². The minimum Gasteiger partial charge on any atom is -0.330 e. The standard InChI is InChI=1S/C22H33NOS/c24-22-19-15-20(17-11-7-3-1-4-8-12-17)25-21(19)16-23(22)18-13-9-5-2-6-10-14-18/h15,17-18H,1-14,16H2. The van der Waals surface area contributed by atoms with Crippen molar-refractivity contribution in [3.05, 3.63) is 21.4 Å². The molecule has 0 bridgehead atoms. The van der Waals surface area contributed by atoms with E-state index in [0.29, 0.717) is 11.9 Å².